The van der Waals surface area contributed by atoms with E-state index in [1.54, 1.807) is 0 Å². The molecule has 3 heteroatoms. The summed E-state index contributed by atoms with van der Waals surface area (Å²) in [5.41, 5.74) is 8.50. The van der Waals surface area contributed by atoms with Crippen LogP contribution in [0.4, 0.5) is 5.69 Å². The van der Waals surface area contributed by atoms with Crippen molar-refractivity contribution >= 4 is 17.3 Å². The van der Waals surface area contributed by atoms with Gasteiger partial charge in [-0.1, -0.05) is 37.9 Å². The summed E-state index contributed by atoms with van der Waals surface area (Å²) < 4.78 is 0. The molecule has 0 aliphatic heterocycles. The summed E-state index contributed by atoms with van der Waals surface area (Å²) in [4.78, 5) is 2.33. The second-order valence-corrected chi connectivity index (χ2v) is 5.77. The molecule has 19 heavy (non-hydrogen) atoms. The van der Waals surface area contributed by atoms with E-state index in [0.29, 0.717) is 6.04 Å². The van der Waals surface area contributed by atoms with E-state index in [4.69, 9.17) is 17.3 Å². The monoisotopic (exact) mass is 282 g/mol. The zero-order valence-electron chi connectivity index (χ0n) is 12.6. The molecular weight excluding hydrogens is 256 g/mol. The first-order valence-electron chi connectivity index (χ1n) is 7.27. The molecule has 2 N–H and O–H groups in total. The van der Waals surface area contributed by atoms with Gasteiger partial charge in [0.15, 0.2) is 0 Å². The standard InChI is InChI=1S/C16H27ClN2/c1-5-8-12(3)19(4)16-10-7-9-15(17)14(16)11-13(18)6-2/h7,9-10,12-13H,5-6,8,11,18H2,1-4H3. The molecule has 108 valence electrons. The second kappa shape index (κ2) is 7.76. The number of rotatable bonds is 7. The highest BCUT2D eigenvalue weighted by Gasteiger charge is 2.16. The fraction of sp³-hybridized carbons (Fsp3) is 0.625. The Hall–Kier alpha value is -0.730. The molecule has 0 spiro atoms. The molecule has 0 aliphatic carbocycles. The minimum absolute atomic E-state index is 0.175. The molecule has 2 nitrogen and oxygen atoms in total. The summed E-state index contributed by atoms with van der Waals surface area (Å²) in [6.07, 6.45) is 4.19. The molecule has 0 saturated heterocycles. The Morgan fingerprint density at radius 2 is 2.00 bits per heavy atom. The topological polar surface area (TPSA) is 29.3 Å². The van der Waals surface area contributed by atoms with Crippen molar-refractivity contribution in [3.63, 3.8) is 0 Å². The lowest BCUT2D eigenvalue weighted by molar-refractivity contribution is 0.607. The van der Waals surface area contributed by atoms with Gasteiger partial charge in [-0.2, -0.15) is 0 Å². The van der Waals surface area contributed by atoms with Gasteiger partial charge in [0.2, 0.25) is 0 Å². The van der Waals surface area contributed by atoms with Crippen molar-refractivity contribution in [3.8, 4) is 0 Å². The van der Waals surface area contributed by atoms with Gasteiger partial charge in [-0.15, -0.1) is 0 Å². The minimum atomic E-state index is 0.175. The van der Waals surface area contributed by atoms with Crippen LogP contribution in [0, 0.1) is 0 Å². The third-order valence-corrected chi connectivity index (χ3v) is 4.19. The van der Waals surface area contributed by atoms with Crippen LogP contribution in [-0.2, 0) is 6.42 Å². The van der Waals surface area contributed by atoms with Crippen molar-refractivity contribution in [1.82, 2.24) is 0 Å². The lowest BCUT2D eigenvalue weighted by Gasteiger charge is -2.30. The first kappa shape index (κ1) is 16.3. The van der Waals surface area contributed by atoms with Gasteiger partial charge >= 0.3 is 0 Å². The fourth-order valence-electron chi connectivity index (χ4n) is 2.34. The zero-order chi connectivity index (χ0) is 14.4. The first-order valence-corrected chi connectivity index (χ1v) is 7.64. The molecular formula is C16H27ClN2. The van der Waals surface area contributed by atoms with E-state index in [1.165, 1.54) is 24.1 Å². The maximum atomic E-state index is 6.37. The number of nitrogens with two attached hydrogens (primary N) is 1. The van der Waals surface area contributed by atoms with Gasteiger partial charge in [-0.3, -0.25) is 0 Å². The summed E-state index contributed by atoms with van der Waals surface area (Å²) in [5.74, 6) is 0. The fourth-order valence-corrected chi connectivity index (χ4v) is 2.58. The van der Waals surface area contributed by atoms with Crippen molar-refractivity contribution < 1.29 is 0 Å². The number of hydrogen-bond donors (Lipinski definition) is 1. The summed E-state index contributed by atoms with van der Waals surface area (Å²) >= 11 is 6.37. The molecule has 1 rings (SSSR count). The average molecular weight is 283 g/mol. The largest absolute Gasteiger partial charge is 0.372 e. The Bertz CT molecular complexity index is 392. The van der Waals surface area contributed by atoms with Gasteiger partial charge in [0.1, 0.15) is 0 Å². The Balaban J connectivity index is 3.02. The van der Waals surface area contributed by atoms with Crippen LogP contribution in [0.1, 0.15) is 45.6 Å². The zero-order valence-corrected chi connectivity index (χ0v) is 13.4. The van der Waals surface area contributed by atoms with E-state index in [9.17, 15) is 0 Å². The van der Waals surface area contributed by atoms with Crippen molar-refractivity contribution in [1.29, 1.82) is 0 Å². The van der Waals surface area contributed by atoms with E-state index < -0.39 is 0 Å². The number of hydrogen-bond acceptors (Lipinski definition) is 2. The van der Waals surface area contributed by atoms with E-state index in [0.717, 1.165) is 17.9 Å². The lowest BCUT2D eigenvalue weighted by Crippen LogP contribution is -2.31. The highest BCUT2D eigenvalue weighted by Crippen LogP contribution is 2.30. The molecule has 1 aromatic rings. The maximum absolute atomic E-state index is 6.37. The second-order valence-electron chi connectivity index (χ2n) is 5.36. The molecule has 0 radical (unpaired) electrons. The van der Waals surface area contributed by atoms with Gasteiger partial charge in [0, 0.05) is 29.8 Å². The van der Waals surface area contributed by atoms with Gasteiger partial charge < -0.3 is 10.6 Å². The SMILES string of the molecule is CCCC(C)N(C)c1cccc(Cl)c1CC(N)CC. The third kappa shape index (κ3) is 4.39. The highest BCUT2D eigenvalue weighted by molar-refractivity contribution is 6.31. The number of anilines is 1. The van der Waals surface area contributed by atoms with E-state index in [-0.39, 0.29) is 6.04 Å². The van der Waals surface area contributed by atoms with Crippen LogP contribution in [0.15, 0.2) is 18.2 Å². The van der Waals surface area contributed by atoms with Crippen LogP contribution in [-0.4, -0.2) is 19.1 Å². The summed E-state index contributed by atoms with van der Waals surface area (Å²) in [6, 6.07) is 6.82. The molecule has 0 bridgehead atoms. The molecule has 1 aromatic carbocycles. The number of nitrogens with zero attached hydrogens (tertiary/aromatic N) is 1. The Morgan fingerprint density at radius 1 is 1.32 bits per heavy atom. The van der Waals surface area contributed by atoms with Crippen LogP contribution >= 0.6 is 11.6 Å². The van der Waals surface area contributed by atoms with E-state index in [2.05, 4.69) is 38.8 Å². The molecule has 0 aliphatic rings. The van der Waals surface area contributed by atoms with Crippen LogP contribution in [0.5, 0.6) is 0 Å². The molecule has 0 amide bonds. The molecule has 2 unspecified atom stereocenters. The smallest absolute Gasteiger partial charge is 0.0459 e. The van der Waals surface area contributed by atoms with Gasteiger partial charge in [0.25, 0.3) is 0 Å². The Labute approximate surface area is 122 Å². The third-order valence-electron chi connectivity index (χ3n) is 3.83. The van der Waals surface area contributed by atoms with Gasteiger partial charge in [-0.05, 0) is 43.9 Å². The van der Waals surface area contributed by atoms with E-state index in [1.807, 2.05) is 12.1 Å². The van der Waals surface area contributed by atoms with Crippen molar-refractivity contribution in [2.75, 3.05) is 11.9 Å². The molecule has 0 saturated carbocycles. The summed E-state index contributed by atoms with van der Waals surface area (Å²) in [5, 5.41) is 0.831. The van der Waals surface area contributed by atoms with Crippen molar-refractivity contribution in [2.45, 2.75) is 58.5 Å². The Morgan fingerprint density at radius 3 is 2.58 bits per heavy atom. The van der Waals surface area contributed by atoms with Crippen LogP contribution < -0.4 is 10.6 Å². The molecule has 0 fully saturated rings. The highest BCUT2D eigenvalue weighted by atomic mass is 35.5. The van der Waals surface area contributed by atoms with Crippen LogP contribution in [0.2, 0.25) is 5.02 Å². The molecule has 0 aromatic heterocycles. The van der Waals surface area contributed by atoms with Crippen molar-refractivity contribution in [2.24, 2.45) is 5.73 Å². The lowest BCUT2D eigenvalue weighted by atomic mass is 10.0. The van der Waals surface area contributed by atoms with Crippen LogP contribution in [0.25, 0.3) is 0 Å². The maximum Gasteiger partial charge on any atom is 0.0459 e. The summed E-state index contributed by atoms with van der Waals surface area (Å²) in [6.45, 7) is 6.59. The predicted octanol–water partition coefficient (Wildman–Crippen LogP) is 4.24. The predicted molar refractivity (Wildman–Crippen MR) is 86.2 cm³/mol. The average Bonchev–Trinajstić information content (AvgIpc) is 2.40. The van der Waals surface area contributed by atoms with E-state index >= 15 is 0 Å². The number of halogens is 1. The first-order chi connectivity index (χ1) is 9.01. The van der Waals surface area contributed by atoms with Crippen molar-refractivity contribution in [3.05, 3.63) is 28.8 Å². The van der Waals surface area contributed by atoms with Gasteiger partial charge in [-0.25, -0.2) is 0 Å². The number of benzene rings is 1. The molecule has 0 heterocycles. The van der Waals surface area contributed by atoms with Crippen LogP contribution in [0.3, 0.4) is 0 Å². The normalized spacial score (nSPS) is 14.2. The quantitative estimate of drug-likeness (QED) is 0.810. The summed E-state index contributed by atoms with van der Waals surface area (Å²) in [7, 11) is 2.15. The molecule has 2 atom stereocenters. The Kier molecular flexibility index (Phi) is 6.67. The van der Waals surface area contributed by atoms with Gasteiger partial charge in [0.05, 0.1) is 0 Å². The minimum Gasteiger partial charge on any atom is -0.372 e.